The zero-order valence-corrected chi connectivity index (χ0v) is 6.42. The van der Waals surface area contributed by atoms with E-state index in [4.69, 9.17) is 0 Å². The molecule has 0 amide bonds. The van der Waals surface area contributed by atoms with Gasteiger partial charge in [-0.2, -0.15) is 0 Å². The van der Waals surface area contributed by atoms with Gasteiger partial charge in [0, 0.05) is 0 Å². The molecule has 3 atom stereocenters. The molecule has 0 aromatic rings. The Morgan fingerprint density at radius 2 is 1.90 bits per heavy atom. The van der Waals surface area contributed by atoms with Crippen LogP contribution in [0.25, 0.3) is 0 Å². The summed E-state index contributed by atoms with van der Waals surface area (Å²) in [4.78, 5) is 0. The molecule has 2 aliphatic carbocycles. The Kier molecular flexibility index (Phi) is 1.69. The summed E-state index contributed by atoms with van der Waals surface area (Å²) in [5.74, 6) is 1.65. The predicted octanol–water partition coefficient (Wildman–Crippen LogP) is 1.95. The number of aliphatic hydroxyl groups is 1. The number of hydrogen-bond acceptors (Lipinski definition) is 1. The van der Waals surface area contributed by atoms with Crippen molar-refractivity contribution in [1.29, 1.82) is 0 Å². The fourth-order valence-electron chi connectivity index (χ4n) is 2.59. The zero-order valence-electron chi connectivity index (χ0n) is 6.42. The normalized spacial score (nSPS) is 47.1. The number of hydrogen-bond donors (Lipinski definition) is 1. The van der Waals surface area contributed by atoms with Crippen LogP contribution in [0.3, 0.4) is 0 Å². The van der Waals surface area contributed by atoms with Crippen LogP contribution in [0.5, 0.6) is 0 Å². The Balaban J connectivity index is 2.00. The molecule has 58 valence electrons. The Bertz CT molecular complexity index is 120. The van der Waals surface area contributed by atoms with Gasteiger partial charge in [0.25, 0.3) is 0 Å². The van der Waals surface area contributed by atoms with E-state index in [2.05, 4.69) is 0 Å². The lowest BCUT2D eigenvalue weighted by Gasteiger charge is -2.37. The fraction of sp³-hybridized carbons (Fsp3) is 1.00. The minimum Gasteiger partial charge on any atom is -0.393 e. The van der Waals surface area contributed by atoms with E-state index >= 15 is 0 Å². The third-order valence-electron chi connectivity index (χ3n) is 3.24. The van der Waals surface area contributed by atoms with Crippen LogP contribution in [0, 0.1) is 11.8 Å². The lowest BCUT2D eigenvalue weighted by atomic mass is 9.71. The van der Waals surface area contributed by atoms with E-state index in [-0.39, 0.29) is 6.10 Å². The first kappa shape index (κ1) is 6.66. The maximum absolute atomic E-state index is 9.52. The first-order chi connectivity index (χ1) is 4.86. The molecule has 1 nitrogen and oxygen atoms in total. The lowest BCUT2D eigenvalue weighted by Crippen LogP contribution is -2.32. The summed E-state index contributed by atoms with van der Waals surface area (Å²) >= 11 is 0. The predicted molar refractivity (Wildman–Crippen MR) is 40.7 cm³/mol. The van der Waals surface area contributed by atoms with Crippen molar-refractivity contribution in [3.63, 3.8) is 0 Å². The van der Waals surface area contributed by atoms with Crippen LogP contribution in [-0.2, 0) is 0 Å². The molecule has 0 saturated heterocycles. The summed E-state index contributed by atoms with van der Waals surface area (Å²) in [6.07, 6.45) is 7.83. The summed E-state index contributed by atoms with van der Waals surface area (Å²) in [7, 11) is 0. The molecule has 0 aromatic carbocycles. The van der Waals surface area contributed by atoms with Crippen molar-refractivity contribution in [2.75, 3.05) is 0 Å². The van der Waals surface area contributed by atoms with Crippen LogP contribution < -0.4 is 0 Å². The third kappa shape index (κ3) is 1.07. The molecule has 1 N–H and O–H groups in total. The van der Waals surface area contributed by atoms with E-state index in [1.54, 1.807) is 0 Å². The van der Waals surface area contributed by atoms with Gasteiger partial charge in [-0.05, 0) is 37.5 Å². The molecule has 2 aliphatic rings. The van der Waals surface area contributed by atoms with Crippen LogP contribution in [0.15, 0.2) is 0 Å². The van der Waals surface area contributed by atoms with Gasteiger partial charge in [-0.15, -0.1) is 0 Å². The lowest BCUT2D eigenvalue weighted by molar-refractivity contribution is 0.0224. The molecule has 1 heteroatoms. The number of fused-ring (bicyclic) bond motifs is 2. The van der Waals surface area contributed by atoms with Gasteiger partial charge in [0.1, 0.15) is 0 Å². The Labute approximate surface area is 62.4 Å². The van der Waals surface area contributed by atoms with Crippen LogP contribution in [0.2, 0.25) is 0 Å². The first-order valence-electron chi connectivity index (χ1n) is 4.54. The average Bonchev–Trinajstić information content (AvgIpc) is 1.99. The van der Waals surface area contributed by atoms with Crippen LogP contribution >= 0.6 is 0 Å². The molecule has 0 aromatic heterocycles. The smallest absolute Gasteiger partial charge is 0.0568 e. The molecule has 10 heavy (non-hydrogen) atoms. The molecule has 2 saturated carbocycles. The van der Waals surface area contributed by atoms with E-state index in [0.29, 0.717) is 5.92 Å². The van der Waals surface area contributed by atoms with Crippen molar-refractivity contribution in [1.82, 2.24) is 0 Å². The van der Waals surface area contributed by atoms with Crippen molar-refractivity contribution in [2.45, 2.75) is 44.6 Å². The maximum Gasteiger partial charge on any atom is 0.0568 e. The van der Waals surface area contributed by atoms with Gasteiger partial charge >= 0.3 is 0 Å². The van der Waals surface area contributed by atoms with Gasteiger partial charge < -0.3 is 5.11 Å². The first-order valence-corrected chi connectivity index (χ1v) is 4.54. The molecule has 1 unspecified atom stereocenters. The van der Waals surface area contributed by atoms with Crippen molar-refractivity contribution in [2.24, 2.45) is 11.8 Å². The van der Waals surface area contributed by atoms with Gasteiger partial charge in [-0.25, -0.2) is 0 Å². The van der Waals surface area contributed by atoms with E-state index < -0.39 is 0 Å². The second-order valence-corrected chi connectivity index (χ2v) is 3.94. The average molecular weight is 140 g/mol. The molecule has 2 bridgehead atoms. The van der Waals surface area contributed by atoms with Gasteiger partial charge in [-0.1, -0.05) is 12.8 Å². The molecular formula is C9H16O. The SMILES string of the molecule is OC1CC[C@H]2CCC[C@@H]1C2. The summed E-state index contributed by atoms with van der Waals surface area (Å²) in [6.45, 7) is 0. The monoisotopic (exact) mass is 140 g/mol. The fourth-order valence-corrected chi connectivity index (χ4v) is 2.59. The van der Waals surface area contributed by atoms with Gasteiger partial charge in [0.05, 0.1) is 6.10 Å². The second-order valence-electron chi connectivity index (χ2n) is 3.94. The van der Waals surface area contributed by atoms with E-state index in [9.17, 15) is 5.11 Å². The van der Waals surface area contributed by atoms with Crippen LogP contribution in [0.4, 0.5) is 0 Å². The van der Waals surface area contributed by atoms with Crippen molar-refractivity contribution < 1.29 is 5.11 Å². The Morgan fingerprint density at radius 3 is 2.70 bits per heavy atom. The van der Waals surface area contributed by atoms with Crippen LogP contribution in [-0.4, -0.2) is 11.2 Å². The van der Waals surface area contributed by atoms with E-state index in [1.807, 2.05) is 0 Å². The molecule has 0 radical (unpaired) electrons. The zero-order chi connectivity index (χ0) is 6.97. The number of rotatable bonds is 0. The quantitative estimate of drug-likeness (QED) is 0.545. The van der Waals surface area contributed by atoms with Crippen molar-refractivity contribution >= 4 is 0 Å². The Hall–Kier alpha value is -0.0400. The molecule has 2 fully saturated rings. The minimum atomic E-state index is 0.0524. The van der Waals surface area contributed by atoms with Crippen LogP contribution in [0.1, 0.15) is 38.5 Å². The minimum absolute atomic E-state index is 0.0524. The third-order valence-corrected chi connectivity index (χ3v) is 3.24. The highest BCUT2D eigenvalue weighted by molar-refractivity contribution is 4.83. The molecule has 0 heterocycles. The topological polar surface area (TPSA) is 20.2 Å². The molecular weight excluding hydrogens is 124 g/mol. The maximum atomic E-state index is 9.52. The van der Waals surface area contributed by atoms with Gasteiger partial charge in [0.2, 0.25) is 0 Å². The summed E-state index contributed by atoms with van der Waals surface area (Å²) in [5, 5.41) is 9.52. The van der Waals surface area contributed by atoms with E-state index in [0.717, 1.165) is 12.3 Å². The molecule has 2 rings (SSSR count). The second kappa shape index (κ2) is 2.54. The number of aliphatic hydroxyl groups excluding tert-OH is 1. The van der Waals surface area contributed by atoms with Crippen molar-refractivity contribution in [3.05, 3.63) is 0 Å². The van der Waals surface area contributed by atoms with E-state index in [1.165, 1.54) is 32.1 Å². The highest BCUT2D eigenvalue weighted by atomic mass is 16.3. The Morgan fingerprint density at radius 1 is 1.00 bits per heavy atom. The molecule has 0 aliphatic heterocycles. The van der Waals surface area contributed by atoms with Gasteiger partial charge in [-0.3, -0.25) is 0 Å². The summed E-state index contributed by atoms with van der Waals surface area (Å²) in [6, 6.07) is 0. The van der Waals surface area contributed by atoms with Gasteiger partial charge in [0.15, 0.2) is 0 Å². The van der Waals surface area contributed by atoms with Crippen molar-refractivity contribution in [3.8, 4) is 0 Å². The highest BCUT2D eigenvalue weighted by Gasteiger charge is 2.31. The summed E-state index contributed by atoms with van der Waals surface area (Å²) < 4.78 is 0. The summed E-state index contributed by atoms with van der Waals surface area (Å²) in [5.41, 5.74) is 0. The largest absolute Gasteiger partial charge is 0.393 e. The highest BCUT2D eigenvalue weighted by Crippen LogP contribution is 2.39. The molecule has 0 spiro atoms. The standard InChI is InChI=1S/C9H16O/c10-9-5-4-7-2-1-3-8(9)6-7/h7-10H,1-6H2/t7-,8-,9?/m1/s1.